The molecule has 1 N–H and O–H groups in total. The van der Waals surface area contributed by atoms with Crippen molar-refractivity contribution in [1.29, 1.82) is 0 Å². The summed E-state index contributed by atoms with van der Waals surface area (Å²) in [6.07, 6.45) is 1.17. The second kappa shape index (κ2) is 5.74. The molecule has 0 atom stereocenters. The number of nitro groups is 1. The van der Waals surface area contributed by atoms with Crippen LogP contribution in [0.25, 0.3) is 0 Å². The summed E-state index contributed by atoms with van der Waals surface area (Å²) in [5.74, 6) is -0.710. The van der Waals surface area contributed by atoms with Crippen LogP contribution in [0.15, 0.2) is 39.9 Å². The number of hydrogen-bond donors (Lipinski definition) is 1. The Bertz CT molecular complexity index is 678. The maximum atomic E-state index is 11.7. The molecule has 0 aromatic carbocycles. The van der Waals surface area contributed by atoms with Crippen molar-refractivity contribution in [2.75, 3.05) is 0 Å². The zero-order valence-electron chi connectivity index (χ0n) is 10.4. The first-order chi connectivity index (χ1) is 9.56. The molecule has 0 aliphatic carbocycles. The number of pyridine rings is 1. The van der Waals surface area contributed by atoms with Gasteiger partial charge in [-0.25, -0.2) is 10.4 Å². The minimum atomic E-state index is -0.660. The monoisotopic (exact) mass is 274 g/mol. The Morgan fingerprint density at radius 2 is 2.25 bits per heavy atom. The van der Waals surface area contributed by atoms with Crippen LogP contribution in [0.3, 0.4) is 0 Å². The molecule has 0 unspecified atom stereocenters. The van der Waals surface area contributed by atoms with Gasteiger partial charge in [-0.3, -0.25) is 14.9 Å². The Hall–Kier alpha value is -3.03. The number of carbonyl (C=O) groups is 1. The zero-order chi connectivity index (χ0) is 14.5. The van der Waals surface area contributed by atoms with Crippen molar-refractivity contribution >= 4 is 18.0 Å². The van der Waals surface area contributed by atoms with E-state index in [1.807, 2.05) is 0 Å². The number of hydrazone groups is 1. The van der Waals surface area contributed by atoms with Crippen LogP contribution < -0.4 is 5.43 Å². The summed E-state index contributed by atoms with van der Waals surface area (Å²) < 4.78 is 4.84. The number of carbonyl (C=O) groups excluding carboxylic acids is 1. The summed E-state index contributed by atoms with van der Waals surface area (Å²) in [6, 6.07) is 7.60. The fraction of sp³-hybridized carbons (Fsp3) is 0.0833. The molecule has 20 heavy (non-hydrogen) atoms. The number of rotatable bonds is 4. The molecule has 1 amide bonds. The van der Waals surface area contributed by atoms with E-state index in [1.54, 1.807) is 25.1 Å². The van der Waals surface area contributed by atoms with Crippen molar-refractivity contribution in [2.45, 2.75) is 6.92 Å². The molecule has 0 saturated heterocycles. The average molecular weight is 274 g/mol. The van der Waals surface area contributed by atoms with E-state index in [0.29, 0.717) is 5.69 Å². The van der Waals surface area contributed by atoms with Crippen LogP contribution >= 0.6 is 0 Å². The number of amides is 1. The van der Waals surface area contributed by atoms with Crippen LogP contribution in [0.2, 0.25) is 0 Å². The molecule has 0 spiro atoms. The SMILES string of the molecule is Cc1cccc(C(=O)N/N=C/c2ccc([N+](=O)[O-])o2)n1. The quantitative estimate of drug-likeness (QED) is 0.517. The smallest absolute Gasteiger partial charge is 0.400 e. The van der Waals surface area contributed by atoms with Crippen LogP contribution in [0.4, 0.5) is 5.88 Å². The molecule has 8 nitrogen and oxygen atoms in total. The van der Waals surface area contributed by atoms with Crippen molar-refractivity contribution < 1.29 is 14.1 Å². The largest absolute Gasteiger partial charge is 0.433 e. The molecular formula is C12H10N4O4. The van der Waals surface area contributed by atoms with Gasteiger partial charge in [0.2, 0.25) is 0 Å². The lowest BCUT2D eigenvalue weighted by atomic mass is 10.3. The number of hydrogen-bond acceptors (Lipinski definition) is 6. The summed E-state index contributed by atoms with van der Waals surface area (Å²) in [4.78, 5) is 25.4. The molecule has 2 aromatic rings. The molecule has 0 bridgehead atoms. The highest BCUT2D eigenvalue weighted by Crippen LogP contribution is 2.13. The minimum absolute atomic E-state index is 0.161. The van der Waals surface area contributed by atoms with Gasteiger partial charge in [-0.15, -0.1) is 0 Å². The molecule has 2 rings (SSSR count). The second-order valence-electron chi connectivity index (χ2n) is 3.80. The van der Waals surface area contributed by atoms with E-state index in [2.05, 4.69) is 15.5 Å². The summed E-state index contributed by atoms with van der Waals surface area (Å²) in [5.41, 5.74) is 3.19. The maximum Gasteiger partial charge on any atom is 0.433 e. The van der Waals surface area contributed by atoms with Gasteiger partial charge in [0.05, 0.1) is 12.3 Å². The number of nitrogens with one attached hydrogen (secondary N) is 1. The first-order valence-corrected chi connectivity index (χ1v) is 5.57. The normalized spacial score (nSPS) is 10.7. The third-order valence-electron chi connectivity index (χ3n) is 2.27. The fourth-order valence-corrected chi connectivity index (χ4v) is 1.39. The Kier molecular flexibility index (Phi) is 3.85. The van der Waals surface area contributed by atoms with Gasteiger partial charge < -0.3 is 4.42 Å². The molecule has 0 saturated carbocycles. The molecule has 2 heterocycles. The van der Waals surface area contributed by atoms with Crippen molar-refractivity contribution in [3.05, 3.63) is 57.6 Å². The van der Waals surface area contributed by atoms with Crippen LogP contribution in [0, 0.1) is 17.0 Å². The van der Waals surface area contributed by atoms with Gasteiger partial charge in [-0.05, 0) is 25.1 Å². The first-order valence-electron chi connectivity index (χ1n) is 5.57. The standard InChI is InChI=1S/C12H10N4O4/c1-8-3-2-4-10(14-8)12(17)15-13-7-9-5-6-11(20-9)16(18)19/h2-7H,1H3,(H,15,17)/b13-7+. The lowest BCUT2D eigenvalue weighted by Gasteiger charge is -1.99. The number of furan rings is 1. The van der Waals surface area contributed by atoms with E-state index >= 15 is 0 Å². The van der Waals surface area contributed by atoms with E-state index in [-0.39, 0.29) is 11.5 Å². The van der Waals surface area contributed by atoms with Crippen LogP contribution in [-0.2, 0) is 0 Å². The molecule has 102 valence electrons. The Morgan fingerprint density at radius 1 is 1.45 bits per heavy atom. The molecule has 8 heteroatoms. The van der Waals surface area contributed by atoms with E-state index in [4.69, 9.17) is 4.42 Å². The van der Waals surface area contributed by atoms with E-state index in [1.165, 1.54) is 18.3 Å². The second-order valence-corrected chi connectivity index (χ2v) is 3.80. The summed E-state index contributed by atoms with van der Waals surface area (Å²) in [5, 5.41) is 14.0. The number of nitrogens with zero attached hydrogens (tertiary/aromatic N) is 3. The predicted octanol–water partition coefficient (Wildman–Crippen LogP) is 1.66. The van der Waals surface area contributed by atoms with Crippen molar-refractivity contribution in [1.82, 2.24) is 10.4 Å². The highest BCUT2D eigenvalue weighted by Gasteiger charge is 2.10. The fourth-order valence-electron chi connectivity index (χ4n) is 1.39. The lowest BCUT2D eigenvalue weighted by Crippen LogP contribution is -2.19. The van der Waals surface area contributed by atoms with Crippen molar-refractivity contribution in [2.24, 2.45) is 5.10 Å². The van der Waals surface area contributed by atoms with Gasteiger partial charge in [0.25, 0.3) is 5.91 Å². The van der Waals surface area contributed by atoms with Gasteiger partial charge in [0, 0.05) is 5.69 Å². The Labute approximate surface area is 113 Å². The van der Waals surface area contributed by atoms with Crippen molar-refractivity contribution in [3.8, 4) is 0 Å². The highest BCUT2D eigenvalue weighted by molar-refractivity contribution is 5.92. The summed E-state index contributed by atoms with van der Waals surface area (Å²) >= 11 is 0. The molecule has 0 radical (unpaired) electrons. The van der Waals surface area contributed by atoms with Gasteiger partial charge in [0.1, 0.15) is 10.6 Å². The zero-order valence-corrected chi connectivity index (χ0v) is 10.4. The van der Waals surface area contributed by atoms with Crippen LogP contribution in [0.1, 0.15) is 21.9 Å². The Morgan fingerprint density at radius 3 is 2.90 bits per heavy atom. The molecule has 2 aromatic heterocycles. The van der Waals surface area contributed by atoms with Gasteiger partial charge in [-0.2, -0.15) is 5.10 Å². The Balaban J connectivity index is 1.99. The minimum Gasteiger partial charge on any atom is -0.400 e. The molecular weight excluding hydrogens is 264 g/mol. The third kappa shape index (κ3) is 3.25. The number of aromatic nitrogens is 1. The maximum absolute atomic E-state index is 11.7. The van der Waals surface area contributed by atoms with Crippen molar-refractivity contribution in [3.63, 3.8) is 0 Å². The van der Waals surface area contributed by atoms with E-state index < -0.39 is 16.7 Å². The van der Waals surface area contributed by atoms with E-state index in [9.17, 15) is 14.9 Å². The average Bonchev–Trinajstić information content (AvgIpc) is 2.87. The van der Waals surface area contributed by atoms with E-state index in [0.717, 1.165) is 0 Å². The lowest BCUT2D eigenvalue weighted by molar-refractivity contribution is -0.402. The van der Waals surface area contributed by atoms with Gasteiger partial charge >= 0.3 is 5.88 Å². The highest BCUT2D eigenvalue weighted by atomic mass is 16.6. The van der Waals surface area contributed by atoms with Crippen LogP contribution in [0.5, 0.6) is 0 Å². The third-order valence-corrected chi connectivity index (χ3v) is 2.27. The molecule has 0 fully saturated rings. The molecule has 0 aliphatic rings. The van der Waals surface area contributed by atoms with Gasteiger partial charge in [0.15, 0.2) is 5.76 Å². The topological polar surface area (TPSA) is 111 Å². The summed E-state index contributed by atoms with van der Waals surface area (Å²) in [7, 11) is 0. The number of aryl methyl sites for hydroxylation is 1. The van der Waals surface area contributed by atoms with Crippen LogP contribution in [-0.4, -0.2) is 22.0 Å². The van der Waals surface area contributed by atoms with Gasteiger partial charge in [-0.1, -0.05) is 6.07 Å². The summed E-state index contributed by atoms with van der Waals surface area (Å²) in [6.45, 7) is 1.77. The first kappa shape index (κ1) is 13.4. The predicted molar refractivity (Wildman–Crippen MR) is 69.4 cm³/mol. The molecule has 0 aliphatic heterocycles.